The minimum Gasteiger partial charge on any atom is -0.465 e. The minimum absolute atomic E-state index is 0.195. The number of ether oxygens (including phenoxy) is 1. The highest BCUT2D eigenvalue weighted by molar-refractivity contribution is 8.18. The van der Waals surface area contributed by atoms with Crippen LogP contribution in [-0.4, -0.2) is 40.2 Å². The summed E-state index contributed by atoms with van der Waals surface area (Å²) < 4.78 is 6.86. The van der Waals surface area contributed by atoms with Crippen LogP contribution in [0.5, 0.6) is 0 Å². The summed E-state index contributed by atoms with van der Waals surface area (Å²) in [6.07, 6.45) is 3.27. The number of rotatable bonds is 5. The summed E-state index contributed by atoms with van der Waals surface area (Å²) in [5.41, 5.74) is 5.02. The Labute approximate surface area is 173 Å². The lowest BCUT2D eigenvalue weighted by molar-refractivity contribution is -0.122. The number of hydrogen-bond acceptors (Lipinski definition) is 5. The fraction of sp³-hybridized carbons (Fsp3) is 0.227. The van der Waals surface area contributed by atoms with Gasteiger partial charge < -0.3 is 9.30 Å². The normalized spacial score (nSPS) is 15.3. The molecule has 0 saturated carbocycles. The van der Waals surface area contributed by atoms with Gasteiger partial charge in [-0.1, -0.05) is 12.1 Å². The van der Waals surface area contributed by atoms with Crippen molar-refractivity contribution in [1.82, 2.24) is 9.47 Å². The molecule has 0 N–H and O–H groups in total. The fourth-order valence-electron chi connectivity index (χ4n) is 3.33. The lowest BCUT2D eigenvalue weighted by Gasteiger charge is -2.14. The van der Waals surface area contributed by atoms with E-state index in [0.717, 1.165) is 40.0 Å². The second kappa shape index (κ2) is 8.13. The Morgan fingerprint density at radius 1 is 1.21 bits per heavy atom. The maximum atomic E-state index is 12.5. The smallest absolute Gasteiger partial charge is 0.337 e. The highest BCUT2D eigenvalue weighted by Crippen LogP contribution is 2.34. The van der Waals surface area contributed by atoms with E-state index >= 15 is 0 Å². The van der Waals surface area contributed by atoms with Crippen molar-refractivity contribution in [2.75, 3.05) is 13.7 Å². The number of amides is 2. The van der Waals surface area contributed by atoms with Crippen LogP contribution in [0, 0.1) is 20.8 Å². The second-order valence-corrected chi connectivity index (χ2v) is 7.73. The van der Waals surface area contributed by atoms with Gasteiger partial charge in [0.1, 0.15) is 0 Å². The molecule has 0 spiro atoms. The number of aromatic nitrogens is 1. The molecule has 1 aliphatic heterocycles. The van der Waals surface area contributed by atoms with Crippen molar-refractivity contribution < 1.29 is 19.1 Å². The molecule has 1 fully saturated rings. The molecule has 1 aromatic heterocycles. The summed E-state index contributed by atoms with van der Waals surface area (Å²) in [6, 6.07) is 7.36. The summed E-state index contributed by atoms with van der Waals surface area (Å²) >= 11 is 0.929. The molecule has 29 heavy (non-hydrogen) atoms. The first-order chi connectivity index (χ1) is 13.8. The van der Waals surface area contributed by atoms with E-state index in [-0.39, 0.29) is 17.7 Å². The largest absolute Gasteiger partial charge is 0.465 e. The number of nitrogens with zero attached hydrogens (tertiary/aromatic N) is 2. The number of carbonyl (C=O) groups is 3. The van der Waals surface area contributed by atoms with E-state index < -0.39 is 5.97 Å². The van der Waals surface area contributed by atoms with Crippen molar-refractivity contribution >= 4 is 35.0 Å². The molecule has 2 heterocycles. The van der Waals surface area contributed by atoms with Gasteiger partial charge in [-0.05, 0) is 67.9 Å². The van der Waals surface area contributed by atoms with Crippen molar-refractivity contribution in [2.24, 2.45) is 0 Å². The number of methoxy groups -OCH3 is 1. The maximum absolute atomic E-state index is 12.5. The average Bonchev–Trinajstić information content (AvgIpc) is 3.12. The first-order valence-corrected chi connectivity index (χ1v) is 9.84. The molecule has 0 unspecified atom stereocenters. The Balaban J connectivity index is 2.05. The SMILES string of the molecule is C=CCN1C(=O)S/C(=C/c2cc(C)n(-c3cc(C(=O)OC)ccc3C)c2C)C1=O. The molecule has 1 aliphatic rings. The lowest BCUT2D eigenvalue weighted by atomic mass is 10.1. The predicted octanol–water partition coefficient (Wildman–Crippen LogP) is 4.41. The van der Waals surface area contributed by atoms with Gasteiger partial charge in [0.15, 0.2) is 0 Å². The third-order valence-corrected chi connectivity index (χ3v) is 5.72. The summed E-state index contributed by atoms with van der Waals surface area (Å²) in [4.78, 5) is 38.1. The maximum Gasteiger partial charge on any atom is 0.337 e. The number of carbonyl (C=O) groups excluding carboxylic acids is 3. The van der Waals surface area contributed by atoms with Gasteiger partial charge in [0.25, 0.3) is 11.1 Å². The van der Waals surface area contributed by atoms with E-state index in [4.69, 9.17) is 4.74 Å². The van der Waals surface area contributed by atoms with Crippen LogP contribution >= 0.6 is 11.8 Å². The van der Waals surface area contributed by atoms with Gasteiger partial charge in [-0.3, -0.25) is 14.5 Å². The van der Waals surface area contributed by atoms with Gasteiger partial charge in [0.2, 0.25) is 0 Å². The summed E-state index contributed by atoms with van der Waals surface area (Å²) in [7, 11) is 1.35. The van der Waals surface area contributed by atoms with Gasteiger partial charge in [0.05, 0.1) is 17.6 Å². The number of hydrogen-bond donors (Lipinski definition) is 0. The molecule has 2 aromatic rings. The van der Waals surface area contributed by atoms with Crippen LogP contribution in [0.1, 0.15) is 32.9 Å². The molecule has 6 nitrogen and oxygen atoms in total. The van der Waals surface area contributed by atoms with Gasteiger partial charge in [-0.25, -0.2) is 4.79 Å². The molecule has 3 rings (SSSR count). The Morgan fingerprint density at radius 2 is 1.93 bits per heavy atom. The van der Waals surface area contributed by atoms with Crippen molar-refractivity contribution in [1.29, 1.82) is 0 Å². The van der Waals surface area contributed by atoms with Crippen LogP contribution in [0.15, 0.2) is 41.8 Å². The molecule has 150 valence electrons. The van der Waals surface area contributed by atoms with Gasteiger partial charge >= 0.3 is 5.97 Å². The molecule has 1 saturated heterocycles. The van der Waals surface area contributed by atoms with Crippen LogP contribution < -0.4 is 0 Å². The van der Waals surface area contributed by atoms with E-state index in [1.165, 1.54) is 18.1 Å². The standard InChI is InChI=1S/C22H22N2O4S/c1-6-9-23-20(25)19(29-22(23)27)12-17-10-14(3)24(15(17)4)18-11-16(21(26)28-5)8-7-13(18)2/h6-8,10-12H,1,9H2,2-5H3/b19-12+. The molecular formula is C22H22N2O4S. The van der Waals surface area contributed by atoms with Crippen molar-refractivity contribution in [3.05, 3.63) is 69.9 Å². The number of thioether (sulfide) groups is 1. The third-order valence-electron chi connectivity index (χ3n) is 4.81. The Hall–Kier alpha value is -3.06. The first-order valence-electron chi connectivity index (χ1n) is 9.03. The topological polar surface area (TPSA) is 68.6 Å². The first kappa shape index (κ1) is 20.7. The quantitative estimate of drug-likeness (QED) is 0.415. The number of imide groups is 1. The Bertz CT molecular complexity index is 1070. The Morgan fingerprint density at radius 3 is 2.59 bits per heavy atom. The van der Waals surface area contributed by atoms with Crippen molar-refractivity contribution in [3.8, 4) is 5.69 Å². The van der Waals surface area contributed by atoms with Crippen LogP contribution in [0.25, 0.3) is 11.8 Å². The number of benzene rings is 1. The van der Waals surface area contributed by atoms with Crippen LogP contribution in [0.4, 0.5) is 4.79 Å². The minimum atomic E-state index is -0.398. The second-order valence-electron chi connectivity index (χ2n) is 6.74. The monoisotopic (exact) mass is 410 g/mol. The average molecular weight is 410 g/mol. The zero-order valence-electron chi connectivity index (χ0n) is 16.8. The zero-order chi connectivity index (χ0) is 21.3. The summed E-state index contributed by atoms with van der Waals surface area (Å²) in [6.45, 7) is 9.65. The van der Waals surface area contributed by atoms with E-state index in [1.54, 1.807) is 18.2 Å². The molecule has 2 amide bonds. The highest BCUT2D eigenvalue weighted by Gasteiger charge is 2.34. The van der Waals surface area contributed by atoms with E-state index in [1.807, 2.05) is 37.5 Å². The van der Waals surface area contributed by atoms with E-state index in [2.05, 4.69) is 6.58 Å². The lowest BCUT2D eigenvalue weighted by Crippen LogP contribution is -2.27. The Kier molecular flexibility index (Phi) is 5.79. The summed E-state index contributed by atoms with van der Waals surface area (Å²) in [5, 5.41) is -0.295. The fourth-order valence-corrected chi connectivity index (χ4v) is 4.17. The van der Waals surface area contributed by atoms with Gasteiger partial charge in [-0.15, -0.1) is 6.58 Å². The molecule has 7 heteroatoms. The van der Waals surface area contributed by atoms with Crippen LogP contribution in [0.3, 0.4) is 0 Å². The molecule has 0 bridgehead atoms. The molecular weight excluding hydrogens is 388 g/mol. The number of esters is 1. The molecule has 1 aromatic carbocycles. The van der Waals surface area contributed by atoms with E-state index in [0.29, 0.717) is 10.5 Å². The zero-order valence-corrected chi connectivity index (χ0v) is 17.6. The predicted molar refractivity (Wildman–Crippen MR) is 114 cm³/mol. The van der Waals surface area contributed by atoms with Crippen molar-refractivity contribution in [2.45, 2.75) is 20.8 Å². The number of aryl methyl sites for hydroxylation is 2. The summed E-state index contributed by atoms with van der Waals surface area (Å²) in [5.74, 6) is -0.710. The molecule has 0 aliphatic carbocycles. The van der Waals surface area contributed by atoms with Gasteiger partial charge in [-0.2, -0.15) is 0 Å². The molecule has 0 radical (unpaired) electrons. The van der Waals surface area contributed by atoms with E-state index in [9.17, 15) is 14.4 Å². The van der Waals surface area contributed by atoms with Crippen LogP contribution in [-0.2, 0) is 9.53 Å². The molecule has 0 atom stereocenters. The van der Waals surface area contributed by atoms with Crippen molar-refractivity contribution in [3.63, 3.8) is 0 Å². The van der Waals surface area contributed by atoms with Gasteiger partial charge in [0, 0.05) is 23.6 Å². The third kappa shape index (κ3) is 3.78. The van der Waals surface area contributed by atoms with Crippen LogP contribution in [0.2, 0.25) is 0 Å². The highest BCUT2D eigenvalue weighted by atomic mass is 32.2.